The number of Topliss-reactive ketones (excluding diaryl/α,β-unsaturated/α-hetero) is 2. The van der Waals surface area contributed by atoms with Crippen LogP contribution in [0.3, 0.4) is 0 Å². The highest BCUT2D eigenvalue weighted by atomic mass is 35.5. The lowest BCUT2D eigenvalue weighted by molar-refractivity contribution is -0.119. The summed E-state index contributed by atoms with van der Waals surface area (Å²) in [4.78, 5) is 22.3. The highest BCUT2D eigenvalue weighted by molar-refractivity contribution is 6.30. The predicted molar refractivity (Wildman–Crippen MR) is 60.8 cm³/mol. The minimum Gasteiger partial charge on any atom is -0.294 e. The SMILES string of the molecule is CC(=O)C(=Cc1ccc(Cl)cc1)C(C)=O. The molecule has 3 heteroatoms. The number of hydrogen-bond acceptors (Lipinski definition) is 2. The molecule has 2 nitrogen and oxygen atoms in total. The van der Waals surface area contributed by atoms with E-state index in [0.717, 1.165) is 5.56 Å². The second-order valence-corrected chi connectivity index (χ2v) is 3.66. The Kier molecular flexibility index (Phi) is 3.81. The van der Waals surface area contributed by atoms with E-state index < -0.39 is 0 Å². The molecule has 1 rings (SSSR count). The van der Waals surface area contributed by atoms with Crippen molar-refractivity contribution in [3.63, 3.8) is 0 Å². The maximum Gasteiger partial charge on any atom is 0.163 e. The van der Waals surface area contributed by atoms with Crippen molar-refractivity contribution in [1.29, 1.82) is 0 Å². The van der Waals surface area contributed by atoms with E-state index in [9.17, 15) is 9.59 Å². The maximum absolute atomic E-state index is 11.1. The Morgan fingerprint density at radius 2 is 1.53 bits per heavy atom. The average Bonchev–Trinajstić information content (AvgIpc) is 2.15. The molecule has 0 unspecified atom stereocenters. The summed E-state index contributed by atoms with van der Waals surface area (Å²) in [5, 5.41) is 0.624. The quantitative estimate of drug-likeness (QED) is 0.448. The van der Waals surface area contributed by atoms with E-state index in [-0.39, 0.29) is 17.1 Å². The fraction of sp³-hybridized carbons (Fsp3) is 0.167. The van der Waals surface area contributed by atoms with Crippen molar-refractivity contribution in [2.45, 2.75) is 13.8 Å². The van der Waals surface area contributed by atoms with Gasteiger partial charge >= 0.3 is 0 Å². The predicted octanol–water partition coefficient (Wildman–Crippen LogP) is 2.90. The number of ketones is 2. The molecule has 0 aliphatic heterocycles. The van der Waals surface area contributed by atoms with Gasteiger partial charge in [-0.25, -0.2) is 0 Å². The Morgan fingerprint density at radius 3 is 1.93 bits per heavy atom. The van der Waals surface area contributed by atoms with Gasteiger partial charge in [0.1, 0.15) is 0 Å². The molecule has 0 bridgehead atoms. The normalized spacial score (nSPS) is 9.53. The average molecular weight is 223 g/mol. The molecule has 1 aromatic rings. The zero-order chi connectivity index (χ0) is 11.4. The smallest absolute Gasteiger partial charge is 0.163 e. The zero-order valence-corrected chi connectivity index (χ0v) is 9.34. The van der Waals surface area contributed by atoms with Gasteiger partial charge in [-0.2, -0.15) is 0 Å². The largest absolute Gasteiger partial charge is 0.294 e. The number of hydrogen-bond donors (Lipinski definition) is 0. The molecule has 0 aliphatic carbocycles. The van der Waals surface area contributed by atoms with Crippen LogP contribution in [0.5, 0.6) is 0 Å². The topological polar surface area (TPSA) is 34.1 Å². The van der Waals surface area contributed by atoms with E-state index in [2.05, 4.69) is 0 Å². The maximum atomic E-state index is 11.1. The van der Waals surface area contributed by atoms with Gasteiger partial charge in [0.25, 0.3) is 0 Å². The molecule has 0 spiro atoms. The minimum absolute atomic E-state index is 0.206. The summed E-state index contributed by atoms with van der Waals surface area (Å²) >= 11 is 5.72. The number of carbonyl (C=O) groups excluding carboxylic acids is 2. The molecule has 1 aromatic carbocycles. The van der Waals surface area contributed by atoms with Gasteiger partial charge in [0, 0.05) is 5.02 Å². The first-order valence-corrected chi connectivity index (χ1v) is 4.87. The van der Waals surface area contributed by atoms with Crippen LogP contribution in [0.1, 0.15) is 19.4 Å². The molecule has 0 saturated heterocycles. The highest BCUT2D eigenvalue weighted by Crippen LogP contribution is 2.13. The van der Waals surface area contributed by atoms with Crippen molar-refractivity contribution in [2.24, 2.45) is 0 Å². The van der Waals surface area contributed by atoms with Gasteiger partial charge in [-0.1, -0.05) is 23.7 Å². The second-order valence-electron chi connectivity index (χ2n) is 3.22. The van der Waals surface area contributed by atoms with Crippen molar-refractivity contribution in [3.05, 3.63) is 40.4 Å². The van der Waals surface area contributed by atoms with Gasteiger partial charge in [-0.05, 0) is 37.6 Å². The summed E-state index contributed by atoms with van der Waals surface area (Å²) in [5.74, 6) is -0.449. The molecule has 0 fully saturated rings. The summed E-state index contributed by atoms with van der Waals surface area (Å²) in [6.45, 7) is 2.76. The Bertz CT molecular complexity index is 400. The fourth-order valence-electron chi connectivity index (χ4n) is 1.18. The number of benzene rings is 1. The van der Waals surface area contributed by atoms with Crippen LogP contribution in [-0.2, 0) is 9.59 Å². The summed E-state index contributed by atoms with van der Waals surface area (Å²) in [7, 11) is 0. The third-order valence-corrected chi connectivity index (χ3v) is 2.19. The molecule has 78 valence electrons. The molecule has 0 saturated carbocycles. The lowest BCUT2D eigenvalue weighted by Gasteiger charge is -1.99. The van der Waals surface area contributed by atoms with E-state index in [1.807, 2.05) is 0 Å². The second kappa shape index (κ2) is 4.89. The van der Waals surface area contributed by atoms with E-state index >= 15 is 0 Å². The van der Waals surface area contributed by atoms with Gasteiger partial charge in [0.15, 0.2) is 11.6 Å². The van der Waals surface area contributed by atoms with Crippen LogP contribution in [0.25, 0.3) is 6.08 Å². The number of allylic oxidation sites excluding steroid dienone is 1. The van der Waals surface area contributed by atoms with Crippen molar-refractivity contribution in [1.82, 2.24) is 0 Å². The Morgan fingerprint density at radius 1 is 1.07 bits per heavy atom. The van der Waals surface area contributed by atoms with Crippen molar-refractivity contribution in [2.75, 3.05) is 0 Å². The molecule has 0 heterocycles. The number of halogens is 1. The first-order chi connectivity index (χ1) is 7.00. The summed E-state index contributed by atoms with van der Waals surface area (Å²) < 4.78 is 0. The van der Waals surface area contributed by atoms with Crippen LogP contribution >= 0.6 is 11.6 Å². The molecular weight excluding hydrogens is 212 g/mol. The van der Waals surface area contributed by atoms with Crippen molar-refractivity contribution >= 4 is 29.2 Å². The van der Waals surface area contributed by atoms with E-state index in [1.54, 1.807) is 30.3 Å². The number of rotatable bonds is 3. The van der Waals surface area contributed by atoms with Crippen molar-refractivity contribution in [3.8, 4) is 0 Å². The first-order valence-electron chi connectivity index (χ1n) is 4.50. The number of carbonyl (C=O) groups is 2. The third kappa shape index (κ3) is 3.33. The Hall–Kier alpha value is -1.41. The Balaban J connectivity index is 3.08. The van der Waals surface area contributed by atoms with Crippen LogP contribution in [0, 0.1) is 0 Å². The molecule has 15 heavy (non-hydrogen) atoms. The van der Waals surface area contributed by atoms with Crippen molar-refractivity contribution < 1.29 is 9.59 Å². The van der Waals surface area contributed by atoms with Gasteiger partial charge in [-0.15, -0.1) is 0 Å². The lowest BCUT2D eigenvalue weighted by Crippen LogP contribution is -2.05. The van der Waals surface area contributed by atoms with Crippen LogP contribution in [0.15, 0.2) is 29.8 Å². The van der Waals surface area contributed by atoms with Gasteiger partial charge < -0.3 is 0 Å². The molecule has 0 aromatic heterocycles. The van der Waals surface area contributed by atoms with Crippen LogP contribution in [0.2, 0.25) is 5.02 Å². The fourth-order valence-corrected chi connectivity index (χ4v) is 1.30. The monoisotopic (exact) mass is 222 g/mol. The molecule has 0 aliphatic rings. The Labute approximate surface area is 93.6 Å². The molecule has 0 N–H and O–H groups in total. The van der Waals surface area contributed by atoms with E-state index in [4.69, 9.17) is 11.6 Å². The molecule has 0 radical (unpaired) electrons. The van der Waals surface area contributed by atoms with Gasteiger partial charge in [-0.3, -0.25) is 9.59 Å². The van der Waals surface area contributed by atoms with E-state index in [1.165, 1.54) is 13.8 Å². The van der Waals surface area contributed by atoms with E-state index in [0.29, 0.717) is 5.02 Å². The lowest BCUT2D eigenvalue weighted by atomic mass is 10.0. The van der Waals surface area contributed by atoms with Crippen LogP contribution < -0.4 is 0 Å². The van der Waals surface area contributed by atoms with Gasteiger partial charge in [0.2, 0.25) is 0 Å². The molecule has 0 amide bonds. The molecule has 0 atom stereocenters. The highest BCUT2D eigenvalue weighted by Gasteiger charge is 2.08. The minimum atomic E-state index is -0.225. The van der Waals surface area contributed by atoms with Crippen LogP contribution in [0.4, 0.5) is 0 Å². The van der Waals surface area contributed by atoms with Gasteiger partial charge in [0.05, 0.1) is 5.57 Å². The summed E-state index contributed by atoms with van der Waals surface area (Å²) in [6, 6.07) is 6.94. The molecular formula is C12H11ClO2. The standard InChI is InChI=1S/C12H11ClO2/c1-8(14)12(9(2)15)7-10-3-5-11(13)6-4-10/h3-7H,1-2H3. The summed E-state index contributed by atoms with van der Waals surface area (Å²) in [5.41, 5.74) is 0.997. The van der Waals surface area contributed by atoms with Crippen LogP contribution in [-0.4, -0.2) is 11.6 Å². The first kappa shape index (κ1) is 11.7. The zero-order valence-electron chi connectivity index (χ0n) is 8.58. The third-order valence-electron chi connectivity index (χ3n) is 1.94. The summed E-state index contributed by atoms with van der Waals surface area (Å²) in [6.07, 6.45) is 1.57.